The Kier molecular flexibility index (Phi) is 4.33. The van der Waals surface area contributed by atoms with E-state index in [2.05, 4.69) is 33.5 Å². The van der Waals surface area contributed by atoms with Crippen LogP contribution in [0.2, 0.25) is 0 Å². The van der Waals surface area contributed by atoms with Crippen molar-refractivity contribution in [3.8, 4) is 5.69 Å². The number of likely N-dealkylation sites (tertiary alicyclic amines) is 1. The number of benzene rings is 1. The van der Waals surface area contributed by atoms with Gasteiger partial charge in [0, 0.05) is 18.0 Å². The number of carbonyl (C=O) groups excluding carboxylic acids is 1. The lowest BCUT2D eigenvalue weighted by atomic mass is 10.2. The predicted octanol–water partition coefficient (Wildman–Crippen LogP) is 2.93. The summed E-state index contributed by atoms with van der Waals surface area (Å²) in [6, 6.07) is 11.4. The van der Waals surface area contributed by atoms with E-state index in [0.717, 1.165) is 35.7 Å². The van der Waals surface area contributed by atoms with Crippen molar-refractivity contribution >= 4 is 17.2 Å². The second-order valence-electron chi connectivity index (χ2n) is 7.33. The Morgan fingerprint density at radius 2 is 2.00 bits per heavy atom. The third-order valence-electron chi connectivity index (χ3n) is 5.40. The SMILES string of the molecule is CN1CCC[C@@H]1c1cn2cc(NC(=O)c3ccc(-n4cncn4)cc3)ccc2n1. The molecular formula is C21H21N7O. The van der Waals surface area contributed by atoms with E-state index in [1.165, 1.54) is 12.7 Å². The summed E-state index contributed by atoms with van der Waals surface area (Å²) in [6.07, 6.45) is 9.39. The maximum atomic E-state index is 12.6. The van der Waals surface area contributed by atoms with Crippen LogP contribution in [0.25, 0.3) is 11.3 Å². The van der Waals surface area contributed by atoms with Crippen molar-refractivity contribution < 1.29 is 4.79 Å². The lowest BCUT2D eigenvalue weighted by Gasteiger charge is -2.16. The second kappa shape index (κ2) is 7.14. The summed E-state index contributed by atoms with van der Waals surface area (Å²) in [7, 11) is 2.14. The van der Waals surface area contributed by atoms with Crippen molar-refractivity contribution in [2.45, 2.75) is 18.9 Å². The van der Waals surface area contributed by atoms with Crippen LogP contribution in [0.3, 0.4) is 0 Å². The van der Waals surface area contributed by atoms with E-state index in [-0.39, 0.29) is 5.91 Å². The first-order valence-corrected chi connectivity index (χ1v) is 9.63. The van der Waals surface area contributed by atoms with Crippen LogP contribution in [0.4, 0.5) is 5.69 Å². The number of nitrogens with zero attached hydrogens (tertiary/aromatic N) is 6. The van der Waals surface area contributed by atoms with Gasteiger partial charge in [0.15, 0.2) is 0 Å². The first kappa shape index (κ1) is 17.6. The summed E-state index contributed by atoms with van der Waals surface area (Å²) in [5.74, 6) is -0.162. The average molecular weight is 387 g/mol. The van der Waals surface area contributed by atoms with E-state index in [9.17, 15) is 4.79 Å². The van der Waals surface area contributed by atoms with Gasteiger partial charge in [0.05, 0.1) is 23.1 Å². The molecule has 146 valence electrons. The van der Waals surface area contributed by atoms with E-state index in [0.29, 0.717) is 11.6 Å². The molecule has 5 rings (SSSR count). The molecule has 1 amide bonds. The molecule has 4 aromatic rings. The first-order valence-electron chi connectivity index (χ1n) is 9.63. The molecule has 1 aliphatic heterocycles. The molecule has 1 aromatic carbocycles. The predicted molar refractivity (Wildman–Crippen MR) is 109 cm³/mol. The Labute approximate surface area is 167 Å². The molecule has 1 saturated heterocycles. The smallest absolute Gasteiger partial charge is 0.255 e. The van der Waals surface area contributed by atoms with E-state index in [1.807, 2.05) is 34.9 Å². The number of imidazole rings is 1. The first-order chi connectivity index (χ1) is 14.2. The minimum Gasteiger partial charge on any atom is -0.321 e. The van der Waals surface area contributed by atoms with Gasteiger partial charge in [-0.15, -0.1) is 0 Å². The molecule has 8 nitrogen and oxygen atoms in total. The number of amides is 1. The fourth-order valence-corrected chi connectivity index (χ4v) is 3.84. The Hall–Kier alpha value is -3.52. The van der Waals surface area contributed by atoms with E-state index < -0.39 is 0 Å². The highest BCUT2D eigenvalue weighted by Gasteiger charge is 2.24. The van der Waals surface area contributed by atoms with Gasteiger partial charge in [-0.3, -0.25) is 9.69 Å². The minimum absolute atomic E-state index is 0.162. The Balaban J connectivity index is 1.33. The maximum Gasteiger partial charge on any atom is 0.255 e. The number of anilines is 1. The van der Waals surface area contributed by atoms with Crippen molar-refractivity contribution in [1.29, 1.82) is 0 Å². The van der Waals surface area contributed by atoms with Crippen LogP contribution >= 0.6 is 0 Å². The number of aromatic nitrogens is 5. The standard InChI is InChI=1S/C21H21N7O/c1-26-10-2-3-19(26)18-12-27-11-16(6-9-20(27)25-18)24-21(29)15-4-7-17(8-5-15)28-14-22-13-23-28/h4-9,11-14,19H,2-3,10H2,1H3,(H,24,29)/t19-/m1/s1. The summed E-state index contributed by atoms with van der Waals surface area (Å²) >= 11 is 0. The topological polar surface area (TPSA) is 80.4 Å². The summed E-state index contributed by atoms with van der Waals surface area (Å²) in [5.41, 5.74) is 4.12. The monoisotopic (exact) mass is 387 g/mol. The van der Waals surface area contributed by atoms with Crippen LogP contribution in [0, 0.1) is 0 Å². The fraction of sp³-hybridized carbons (Fsp3) is 0.238. The van der Waals surface area contributed by atoms with Crippen LogP contribution in [0.1, 0.15) is 34.9 Å². The summed E-state index contributed by atoms with van der Waals surface area (Å²) < 4.78 is 3.62. The molecule has 1 N–H and O–H groups in total. The summed E-state index contributed by atoms with van der Waals surface area (Å²) in [5, 5.41) is 7.05. The molecule has 0 unspecified atom stereocenters. The second-order valence-corrected chi connectivity index (χ2v) is 7.33. The molecule has 4 heterocycles. The minimum atomic E-state index is -0.162. The number of carbonyl (C=O) groups is 1. The zero-order valence-electron chi connectivity index (χ0n) is 16.1. The van der Waals surface area contributed by atoms with Gasteiger partial charge in [-0.25, -0.2) is 14.6 Å². The summed E-state index contributed by atoms with van der Waals surface area (Å²) in [4.78, 5) is 23.7. The highest BCUT2D eigenvalue weighted by Crippen LogP contribution is 2.30. The highest BCUT2D eigenvalue weighted by atomic mass is 16.1. The molecule has 29 heavy (non-hydrogen) atoms. The largest absolute Gasteiger partial charge is 0.321 e. The lowest BCUT2D eigenvalue weighted by molar-refractivity contribution is 0.102. The molecule has 0 saturated carbocycles. The van der Waals surface area contributed by atoms with Gasteiger partial charge in [-0.05, 0) is 62.8 Å². The molecule has 1 aliphatic rings. The number of pyridine rings is 1. The molecular weight excluding hydrogens is 366 g/mol. The van der Waals surface area contributed by atoms with Crippen molar-refractivity contribution in [2.24, 2.45) is 0 Å². The van der Waals surface area contributed by atoms with Crippen LogP contribution in [0.15, 0.2) is 61.4 Å². The Morgan fingerprint density at radius 1 is 1.14 bits per heavy atom. The Morgan fingerprint density at radius 3 is 2.72 bits per heavy atom. The van der Waals surface area contributed by atoms with Gasteiger partial charge >= 0.3 is 0 Å². The molecule has 0 aliphatic carbocycles. The van der Waals surface area contributed by atoms with Crippen LogP contribution < -0.4 is 5.32 Å². The van der Waals surface area contributed by atoms with Crippen molar-refractivity contribution in [1.82, 2.24) is 29.0 Å². The van der Waals surface area contributed by atoms with E-state index in [1.54, 1.807) is 23.1 Å². The van der Waals surface area contributed by atoms with Gasteiger partial charge < -0.3 is 9.72 Å². The van der Waals surface area contributed by atoms with Gasteiger partial charge in [0.2, 0.25) is 0 Å². The van der Waals surface area contributed by atoms with Crippen LogP contribution in [0.5, 0.6) is 0 Å². The molecule has 0 spiro atoms. The van der Waals surface area contributed by atoms with Gasteiger partial charge in [-0.2, -0.15) is 5.10 Å². The quantitative estimate of drug-likeness (QED) is 0.582. The molecule has 1 fully saturated rings. The van der Waals surface area contributed by atoms with Gasteiger partial charge in [0.1, 0.15) is 18.3 Å². The number of fused-ring (bicyclic) bond motifs is 1. The lowest BCUT2D eigenvalue weighted by Crippen LogP contribution is -2.17. The molecule has 0 radical (unpaired) electrons. The molecule has 1 atom stereocenters. The highest BCUT2D eigenvalue weighted by molar-refractivity contribution is 6.04. The molecule has 8 heteroatoms. The van der Waals surface area contributed by atoms with Crippen molar-refractivity contribution in [3.05, 3.63) is 72.7 Å². The Bertz CT molecular complexity index is 1150. The molecule has 3 aromatic heterocycles. The van der Waals surface area contributed by atoms with Crippen LogP contribution in [-0.2, 0) is 0 Å². The number of hydrogen-bond donors (Lipinski definition) is 1. The van der Waals surface area contributed by atoms with E-state index in [4.69, 9.17) is 4.98 Å². The van der Waals surface area contributed by atoms with Gasteiger partial charge in [0.25, 0.3) is 5.91 Å². The van der Waals surface area contributed by atoms with E-state index >= 15 is 0 Å². The number of rotatable bonds is 4. The van der Waals surface area contributed by atoms with Crippen molar-refractivity contribution in [2.75, 3.05) is 18.9 Å². The normalized spacial score (nSPS) is 17.1. The van der Waals surface area contributed by atoms with Gasteiger partial charge in [-0.1, -0.05) is 0 Å². The zero-order chi connectivity index (χ0) is 19.8. The summed E-state index contributed by atoms with van der Waals surface area (Å²) in [6.45, 7) is 1.11. The average Bonchev–Trinajstić information content (AvgIpc) is 3.48. The third-order valence-corrected chi connectivity index (χ3v) is 5.40. The third kappa shape index (κ3) is 3.38. The number of nitrogens with one attached hydrogen (secondary N) is 1. The van der Waals surface area contributed by atoms with Crippen molar-refractivity contribution in [3.63, 3.8) is 0 Å². The maximum absolute atomic E-state index is 12.6. The zero-order valence-corrected chi connectivity index (χ0v) is 16.1. The number of hydrogen-bond acceptors (Lipinski definition) is 5. The fourth-order valence-electron chi connectivity index (χ4n) is 3.84. The van der Waals surface area contributed by atoms with Crippen LogP contribution in [-0.4, -0.2) is 48.5 Å². The molecule has 0 bridgehead atoms.